The van der Waals surface area contributed by atoms with E-state index in [2.05, 4.69) is 34.4 Å². The summed E-state index contributed by atoms with van der Waals surface area (Å²) in [4.78, 5) is 18.2. The van der Waals surface area contributed by atoms with Gasteiger partial charge in [-0.3, -0.25) is 9.78 Å². The van der Waals surface area contributed by atoms with Crippen LogP contribution in [0.2, 0.25) is 0 Å². The van der Waals surface area contributed by atoms with Crippen LogP contribution in [0, 0.1) is 18.3 Å². The van der Waals surface area contributed by atoms with Crippen molar-refractivity contribution in [1.82, 2.24) is 10.3 Å². The maximum atomic E-state index is 11.7. The lowest BCUT2D eigenvalue weighted by molar-refractivity contribution is 0.0958. The first kappa shape index (κ1) is 16.0. The third-order valence-electron chi connectivity index (χ3n) is 4.55. The van der Waals surface area contributed by atoms with Crippen molar-refractivity contribution in [1.29, 1.82) is 5.26 Å². The number of pyridine rings is 1. The fourth-order valence-electron chi connectivity index (χ4n) is 3.22. The Morgan fingerprint density at radius 2 is 2.12 bits per heavy atom. The van der Waals surface area contributed by atoms with Crippen LogP contribution in [0.4, 0.5) is 5.69 Å². The SMILES string of the molecule is CNC(=O)c1cc(C)c(-c2cc3c(cc2C#N)N(C)CCC3)cn1. The highest BCUT2D eigenvalue weighted by Gasteiger charge is 2.19. The van der Waals surface area contributed by atoms with Gasteiger partial charge in [-0.15, -0.1) is 0 Å². The largest absolute Gasteiger partial charge is 0.374 e. The molecule has 3 rings (SSSR count). The molecule has 1 aliphatic heterocycles. The molecule has 0 saturated carbocycles. The van der Waals surface area contributed by atoms with Crippen LogP contribution in [0.3, 0.4) is 0 Å². The van der Waals surface area contributed by atoms with Crippen molar-refractivity contribution >= 4 is 11.6 Å². The molecular formula is C19H20N4O. The van der Waals surface area contributed by atoms with Crippen LogP contribution >= 0.6 is 0 Å². The van der Waals surface area contributed by atoms with Gasteiger partial charge in [-0.05, 0) is 49.1 Å². The number of carbonyl (C=O) groups excluding carboxylic acids is 1. The van der Waals surface area contributed by atoms with Crippen molar-refractivity contribution in [3.05, 3.63) is 46.8 Å². The van der Waals surface area contributed by atoms with E-state index in [-0.39, 0.29) is 5.91 Å². The number of hydrogen-bond donors (Lipinski definition) is 1. The summed E-state index contributed by atoms with van der Waals surface area (Å²) in [5, 5.41) is 12.2. The lowest BCUT2D eigenvalue weighted by Gasteiger charge is -2.28. The number of nitrogens with zero attached hydrogens (tertiary/aromatic N) is 3. The highest BCUT2D eigenvalue weighted by molar-refractivity contribution is 5.93. The van der Waals surface area contributed by atoms with Gasteiger partial charge < -0.3 is 10.2 Å². The van der Waals surface area contributed by atoms with E-state index in [1.807, 2.05) is 13.0 Å². The lowest BCUT2D eigenvalue weighted by atomic mass is 9.91. The molecule has 0 spiro atoms. The van der Waals surface area contributed by atoms with Gasteiger partial charge in [0.1, 0.15) is 5.69 Å². The fraction of sp³-hybridized carbons (Fsp3) is 0.316. The van der Waals surface area contributed by atoms with Crippen molar-refractivity contribution in [3.8, 4) is 17.2 Å². The molecule has 1 N–H and O–H groups in total. The Morgan fingerprint density at radius 1 is 1.33 bits per heavy atom. The first-order valence-electron chi connectivity index (χ1n) is 8.02. The van der Waals surface area contributed by atoms with E-state index in [1.54, 1.807) is 19.3 Å². The predicted octanol–water partition coefficient (Wildman–Crippen LogP) is 2.67. The van der Waals surface area contributed by atoms with Gasteiger partial charge in [-0.25, -0.2) is 0 Å². The summed E-state index contributed by atoms with van der Waals surface area (Å²) in [6, 6.07) is 8.14. The maximum Gasteiger partial charge on any atom is 0.269 e. The second-order valence-electron chi connectivity index (χ2n) is 6.13. The number of anilines is 1. The van der Waals surface area contributed by atoms with Crippen LogP contribution in [0.15, 0.2) is 24.4 Å². The topological polar surface area (TPSA) is 69.0 Å². The van der Waals surface area contributed by atoms with Crippen LogP contribution in [0.1, 0.15) is 33.6 Å². The molecule has 0 bridgehead atoms. The third-order valence-corrected chi connectivity index (χ3v) is 4.55. The maximum absolute atomic E-state index is 11.7. The molecule has 0 radical (unpaired) electrons. The Balaban J connectivity index is 2.13. The summed E-state index contributed by atoms with van der Waals surface area (Å²) >= 11 is 0. The van der Waals surface area contributed by atoms with Crippen molar-refractivity contribution in [2.75, 3.05) is 25.5 Å². The standard InChI is InChI=1S/C19H20N4O/c1-12-7-17(19(24)21-2)22-11-16(12)15-8-13-5-4-6-23(3)18(13)9-14(15)10-20/h7-9,11H,4-6H2,1-3H3,(H,21,24). The number of carbonyl (C=O) groups is 1. The first-order chi connectivity index (χ1) is 11.5. The summed E-state index contributed by atoms with van der Waals surface area (Å²) in [5.41, 5.74) is 6.14. The van der Waals surface area contributed by atoms with Crippen molar-refractivity contribution in [2.45, 2.75) is 19.8 Å². The molecule has 0 fully saturated rings. The number of fused-ring (bicyclic) bond motifs is 1. The van der Waals surface area contributed by atoms with E-state index < -0.39 is 0 Å². The van der Waals surface area contributed by atoms with Crippen molar-refractivity contribution in [3.63, 3.8) is 0 Å². The van der Waals surface area contributed by atoms with Crippen molar-refractivity contribution in [2.24, 2.45) is 0 Å². The summed E-state index contributed by atoms with van der Waals surface area (Å²) in [7, 11) is 3.64. The molecule has 1 aromatic carbocycles. The van der Waals surface area contributed by atoms with Crippen molar-refractivity contribution < 1.29 is 4.79 Å². The molecule has 0 saturated heterocycles. The normalized spacial score (nSPS) is 13.2. The molecule has 0 unspecified atom stereocenters. The van der Waals surface area contributed by atoms with E-state index in [4.69, 9.17) is 0 Å². The number of nitriles is 1. The number of aromatic nitrogens is 1. The predicted molar refractivity (Wildman–Crippen MR) is 94.1 cm³/mol. The number of nitrogens with one attached hydrogen (secondary N) is 1. The number of benzene rings is 1. The Morgan fingerprint density at radius 3 is 2.79 bits per heavy atom. The number of aryl methyl sites for hydroxylation is 2. The molecule has 2 aromatic rings. The Labute approximate surface area is 141 Å². The minimum Gasteiger partial charge on any atom is -0.374 e. The minimum atomic E-state index is -0.211. The molecule has 1 amide bonds. The zero-order valence-electron chi connectivity index (χ0n) is 14.2. The number of amides is 1. The molecule has 5 heteroatoms. The molecular weight excluding hydrogens is 300 g/mol. The molecule has 1 aliphatic rings. The second kappa shape index (κ2) is 6.32. The molecule has 24 heavy (non-hydrogen) atoms. The van der Waals surface area contributed by atoms with Gasteiger partial charge in [0.05, 0.1) is 11.6 Å². The van der Waals surface area contributed by atoms with Crippen LogP contribution in [-0.4, -0.2) is 31.5 Å². The van der Waals surface area contributed by atoms with Crippen LogP contribution < -0.4 is 10.2 Å². The van der Waals surface area contributed by atoms with E-state index in [9.17, 15) is 10.1 Å². The summed E-state index contributed by atoms with van der Waals surface area (Å²) < 4.78 is 0. The van der Waals surface area contributed by atoms with E-state index >= 15 is 0 Å². The highest BCUT2D eigenvalue weighted by Crippen LogP contribution is 2.35. The van der Waals surface area contributed by atoms with Gasteiger partial charge in [0.15, 0.2) is 0 Å². The fourth-order valence-corrected chi connectivity index (χ4v) is 3.22. The Bertz CT molecular complexity index is 851. The molecule has 0 atom stereocenters. The summed E-state index contributed by atoms with van der Waals surface area (Å²) in [5.74, 6) is -0.211. The van der Waals surface area contributed by atoms with Crippen LogP contribution in [-0.2, 0) is 6.42 Å². The highest BCUT2D eigenvalue weighted by atomic mass is 16.1. The summed E-state index contributed by atoms with van der Waals surface area (Å²) in [6.07, 6.45) is 3.82. The average Bonchev–Trinajstić information content (AvgIpc) is 2.60. The monoisotopic (exact) mass is 320 g/mol. The molecule has 5 nitrogen and oxygen atoms in total. The van der Waals surface area contributed by atoms with Gasteiger partial charge in [0, 0.05) is 43.7 Å². The van der Waals surface area contributed by atoms with Gasteiger partial charge in [0.2, 0.25) is 0 Å². The van der Waals surface area contributed by atoms with Gasteiger partial charge in [0.25, 0.3) is 5.91 Å². The van der Waals surface area contributed by atoms with E-state index in [0.717, 1.165) is 41.8 Å². The van der Waals surface area contributed by atoms with E-state index in [1.165, 1.54) is 5.56 Å². The van der Waals surface area contributed by atoms with Gasteiger partial charge in [-0.2, -0.15) is 5.26 Å². The molecule has 1 aromatic heterocycles. The van der Waals surface area contributed by atoms with Crippen LogP contribution in [0.25, 0.3) is 11.1 Å². The zero-order chi connectivity index (χ0) is 17.3. The minimum absolute atomic E-state index is 0.211. The molecule has 2 heterocycles. The zero-order valence-corrected chi connectivity index (χ0v) is 14.2. The molecule has 122 valence electrons. The number of hydrogen-bond acceptors (Lipinski definition) is 4. The Hall–Kier alpha value is -2.87. The van der Waals surface area contributed by atoms with Gasteiger partial charge in [-0.1, -0.05) is 0 Å². The second-order valence-corrected chi connectivity index (χ2v) is 6.13. The summed E-state index contributed by atoms with van der Waals surface area (Å²) in [6.45, 7) is 2.95. The first-order valence-corrected chi connectivity index (χ1v) is 8.02. The van der Waals surface area contributed by atoms with Gasteiger partial charge >= 0.3 is 0 Å². The molecule has 0 aliphatic carbocycles. The number of rotatable bonds is 2. The smallest absolute Gasteiger partial charge is 0.269 e. The lowest BCUT2D eigenvalue weighted by Crippen LogP contribution is -2.24. The quantitative estimate of drug-likeness (QED) is 0.923. The van der Waals surface area contributed by atoms with Crippen LogP contribution in [0.5, 0.6) is 0 Å². The van der Waals surface area contributed by atoms with E-state index in [0.29, 0.717) is 11.3 Å². The third kappa shape index (κ3) is 2.71. The average molecular weight is 320 g/mol. The Kier molecular flexibility index (Phi) is 4.22.